The number of halogens is 1. The van der Waals surface area contributed by atoms with Crippen molar-refractivity contribution < 1.29 is 14.3 Å². The molecular formula is C23H20BrN3O3S. The number of hydrogen-bond acceptors (Lipinski definition) is 5. The van der Waals surface area contributed by atoms with Gasteiger partial charge in [-0.25, -0.2) is 9.78 Å². The van der Waals surface area contributed by atoms with Crippen LogP contribution in [0.3, 0.4) is 0 Å². The predicted molar refractivity (Wildman–Crippen MR) is 125 cm³/mol. The number of esters is 1. The highest BCUT2D eigenvalue weighted by Gasteiger charge is 2.18. The second-order valence-electron chi connectivity index (χ2n) is 7.21. The number of carbonyl (C=O) groups is 2. The summed E-state index contributed by atoms with van der Waals surface area (Å²) in [6, 6.07) is 13.6. The van der Waals surface area contributed by atoms with E-state index in [0.717, 1.165) is 27.7 Å². The summed E-state index contributed by atoms with van der Waals surface area (Å²) in [6.07, 6.45) is 0.166. The van der Waals surface area contributed by atoms with Gasteiger partial charge in [0.1, 0.15) is 17.3 Å². The number of nitrogens with zero attached hydrogens (tertiary/aromatic N) is 1. The minimum absolute atomic E-state index is 0.0374. The molecule has 6 nitrogen and oxygen atoms in total. The maximum atomic E-state index is 12.5. The Morgan fingerprint density at radius 3 is 2.81 bits per heavy atom. The number of para-hydroxylation sites is 1. The molecule has 158 valence electrons. The Balaban J connectivity index is 1.35. The SMILES string of the molecule is Cc1ccc(C)c(NC(=O)Cc2nc(COC(=O)c3[nH]c4ccccc4c3Br)cs2)c1. The third-order valence-electron chi connectivity index (χ3n) is 4.78. The maximum Gasteiger partial charge on any atom is 0.356 e. The van der Waals surface area contributed by atoms with E-state index in [1.165, 1.54) is 11.3 Å². The Bertz CT molecular complexity index is 1280. The van der Waals surface area contributed by atoms with Gasteiger partial charge in [-0.2, -0.15) is 0 Å². The molecule has 0 saturated carbocycles. The lowest BCUT2D eigenvalue weighted by Gasteiger charge is -2.08. The van der Waals surface area contributed by atoms with Crippen molar-refractivity contribution >= 4 is 55.7 Å². The van der Waals surface area contributed by atoms with Crippen molar-refractivity contribution in [2.24, 2.45) is 0 Å². The first-order valence-corrected chi connectivity index (χ1v) is 11.3. The number of aryl methyl sites for hydroxylation is 2. The van der Waals surface area contributed by atoms with Gasteiger partial charge in [0, 0.05) is 22.0 Å². The molecule has 0 fully saturated rings. The first-order valence-electron chi connectivity index (χ1n) is 9.64. The van der Waals surface area contributed by atoms with Crippen LogP contribution in [0.4, 0.5) is 5.69 Å². The molecule has 4 aromatic rings. The monoisotopic (exact) mass is 497 g/mol. The molecule has 0 spiro atoms. The lowest BCUT2D eigenvalue weighted by Crippen LogP contribution is -2.15. The minimum atomic E-state index is -0.467. The Morgan fingerprint density at radius 2 is 2.00 bits per heavy atom. The normalized spacial score (nSPS) is 10.9. The molecule has 4 rings (SSSR count). The third kappa shape index (κ3) is 4.86. The first-order chi connectivity index (χ1) is 14.9. The number of hydrogen-bond donors (Lipinski definition) is 2. The van der Waals surface area contributed by atoms with E-state index in [9.17, 15) is 9.59 Å². The van der Waals surface area contributed by atoms with E-state index in [1.807, 2.05) is 56.3 Å². The zero-order valence-electron chi connectivity index (χ0n) is 17.0. The molecule has 0 saturated heterocycles. The average molecular weight is 498 g/mol. The molecule has 0 aliphatic rings. The maximum absolute atomic E-state index is 12.5. The number of thiazole rings is 1. The molecule has 1 amide bonds. The number of amides is 1. The summed E-state index contributed by atoms with van der Waals surface area (Å²) in [5, 5.41) is 6.32. The van der Waals surface area contributed by atoms with Crippen LogP contribution in [0.2, 0.25) is 0 Å². The van der Waals surface area contributed by atoms with Crippen LogP contribution in [0.15, 0.2) is 52.3 Å². The Hall–Kier alpha value is -2.97. The van der Waals surface area contributed by atoms with Crippen LogP contribution < -0.4 is 5.32 Å². The summed E-state index contributed by atoms with van der Waals surface area (Å²) < 4.78 is 6.09. The van der Waals surface area contributed by atoms with Gasteiger partial charge >= 0.3 is 5.97 Å². The summed E-state index contributed by atoms with van der Waals surface area (Å²) in [5.41, 5.74) is 4.73. The summed E-state index contributed by atoms with van der Waals surface area (Å²) in [7, 11) is 0. The Morgan fingerprint density at radius 1 is 1.19 bits per heavy atom. The van der Waals surface area contributed by atoms with Crippen molar-refractivity contribution in [3.05, 3.63) is 79.8 Å². The fourth-order valence-electron chi connectivity index (χ4n) is 3.16. The molecule has 31 heavy (non-hydrogen) atoms. The molecule has 2 aromatic carbocycles. The van der Waals surface area contributed by atoms with Crippen LogP contribution in [0.1, 0.15) is 32.3 Å². The number of nitrogens with one attached hydrogen (secondary N) is 2. The van der Waals surface area contributed by atoms with E-state index in [0.29, 0.717) is 20.9 Å². The van der Waals surface area contributed by atoms with Gasteiger partial charge in [0.2, 0.25) is 5.91 Å². The number of benzene rings is 2. The highest BCUT2D eigenvalue weighted by molar-refractivity contribution is 9.10. The summed E-state index contributed by atoms with van der Waals surface area (Å²) in [5.74, 6) is -0.598. The van der Waals surface area contributed by atoms with Crippen LogP contribution in [0, 0.1) is 13.8 Å². The third-order valence-corrected chi connectivity index (χ3v) is 6.50. The number of anilines is 1. The highest BCUT2D eigenvalue weighted by Crippen LogP contribution is 2.28. The fourth-order valence-corrected chi connectivity index (χ4v) is 4.54. The van der Waals surface area contributed by atoms with Crippen molar-refractivity contribution in [2.45, 2.75) is 26.9 Å². The van der Waals surface area contributed by atoms with Crippen molar-refractivity contribution in [1.29, 1.82) is 0 Å². The van der Waals surface area contributed by atoms with Crippen LogP contribution in [-0.2, 0) is 22.6 Å². The fraction of sp³-hybridized carbons (Fsp3) is 0.174. The average Bonchev–Trinajstić information content (AvgIpc) is 3.33. The van der Waals surface area contributed by atoms with Crippen LogP contribution in [0.5, 0.6) is 0 Å². The zero-order valence-corrected chi connectivity index (χ0v) is 19.4. The molecule has 2 aromatic heterocycles. The van der Waals surface area contributed by atoms with Crippen LogP contribution in [-0.4, -0.2) is 21.8 Å². The second-order valence-corrected chi connectivity index (χ2v) is 8.95. The van der Waals surface area contributed by atoms with Gasteiger partial charge in [0.25, 0.3) is 0 Å². The summed E-state index contributed by atoms with van der Waals surface area (Å²) in [4.78, 5) is 32.4. The van der Waals surface area contributed by atoms with E-state index in [-0.39, 0.29) is 18.9 Å². The summed E-state index contributed by atoms with van der Waals surface area (Å²) in [6.45, 7) is 3.98. The Kier molecular flexibility index (Phi) is 6.20. The number of H-pyrrole nitrogens is 1. The lowest BCUT2D eigenvalue weighted by atomic mass is 10.1. The van der Waals surface area contributed by atoms with Crippen LogP contribution in [0.25, 0.3) is 10.9 Å². The van der Waals surface area contributed by atoms with E-state index >= 15 is 0 Å². The standard InChI is InChI=1S/C23H20BrN3O3S/c1-13-7-8-14(2)18(9-13)26-19(28)10-20-25-15(12-31-20)11-30-23(29)22-21(24)16-5-3-4-6-17(16)27-22/h3-9,12,27H,10-11H2,1-2H3,(H,26,28). The summed E-state index contributed by atoms with van der Waals surface area (Å²) >= 11 is 4.83. The predicted octanol–water partition coefficient (Wildman–Crippen LogP) is 5.54. The minimum Gasteiger partial charge on any atom is -0.454 e. The molecule has 0 atom stereocenters. The largest absolute Gasteiger partial charge is 0.454 e. The topological polar surface area (TPSA) is 84.1 Å². The molecule has 8 heteroatoms. The molecular weight excluding hydrogens is 478 g/mol. The van der Waals surface area contributed by atoms with Gasteiger partial charge in [-0.05, 0) is 53.0 Å². The number of carbonyl (C=O) groups excluding carboxylic acids is 2. The number of rotatable bonds is 6. The number of aromatic nitrogens is 2. The molecule has 0 aliphatic heterocycles. The lowest BCUT2D eigenvalue weighted by molar-refractivity contribution is -0.115. The Labute approximate surface area is 191 Å². The highest BCUT2D eigenvalue weighted by atomic mass is 79.9. The van der Waals surface area contributed by atoms with E-state index in [2.05, 4.69) is 31.2 Å². The molecule has 0 radical (unpaired) electrons. The molecule has 2 N–H and O–H groups in total. The van der Waals surface area contributed by atoms with Crippen molar-refractivity contribution in [3.8, 4) is 0 Å². The molecule has 0 aliphatic carbocycles. The zero-order chi connectivity index (χ0) is 22.0. The van der Waals surface area contributed by atoms with Crippen molar-refractivity contribution in [2.75, 3.05) is 5.32 Å². The van der Waals surface area contributed by atoms with Gasteiger partial charge in [-0.1, -0.05) is 30.3 Å². The van der Waals surface area contributed by atoms with Gasteiger partial charge in [0.05, 0.1) is 16.6 Å². The van der Waals surface area contributed by atoms with Gasteiger partial charge in [-0.3, -0.25) is 4.79 Å². The molecule has 2 heterocycles. The molecule has 0 bridgehead atoms. The van der Waals surface area contributed by atoms with Crippen molar-refractivity contribution in [1.82, 2.24) is 9.97 Å². The molecule has 0 unspecified atom stereocenters. The van der Waals surface area contributed by atoms with Gasteiger partial charge < -0.3 is 15.0 Å². The van der Waals surface area contributed by atoms with E-state index < -0.39 is 5.97 Å². The van der Waals surface area contributed by atoms with Crippen LogP contribution >= 0.6 is 27.3 Å². The quantitative estimate of drug-likeness (QED) is 0.342. The van der Waals surface area contributed by atoms with E-state index in [4.69, 9.17) is 4.74 Å². The number of fused-ring (bicyclic) bond motifs is 1. The number of aromatic amines is 1. The smallest absolute Gasteiger partial charge is 0.356 e. The van der Waals surface area contributed by atoms with Gasteiger partial charge in [0.15, 0.2) is 0 Å². The second kappa shape index (κ2) is 9.03. The first kappa shape index (κ1) is 21.3. The van der Waals surface area contributed by atoms with Crippen molar-refractivity contribution in [3.63, 3.8) is 0 Å². The van der Waals surface area contributed by atoms with Gasteiger partial charge in [-0.15, -0.1) is 11.3 Å². The van der Waals surface area contributed by atoms with E-state index in [1.54, 1.807) is 5.38 Å². The number of ether oxygens (including phenoxy) is 1.